The Kier molecular flexibility index (Phi) is 4.28. The molecule has 0 radical (unpaired) electrons. The van der Waals surface area contributed by atoms with E-state index in [2.05, 4.69) is 67.3 Å². The fourth-order valence-corrected chi connectivity index (χ4v) is 6.00. The summed E-state index contributed by atoms with van der Waals surface area (Å²) in [5, 5.41) is 20.8. The third kappa shape index (κ3) is 2.61. The number of nitriles is 2. The Morgan fingerprint density at radius 2 is 1.80 bits per heavy atom. The van der Waals surface area contributed by atoms with Crippen LogP contribution in [0.25, 0.3) is 22.4 Å². The summed E-state index contributed by atoms with van der Waals surface area (Å²) < 4.78 is 1.84. The Bertz CT molecular complexity index is 1410. The number of nitrogens with zero attached hydrogens (tertiary/aromatic N) is 3. The number of allylic oxidation sites excluding steroid dienone is 2. The number of para-hydroxylation sites is 1. The first-order valence-electron chi connectivity index (χ1n) is 10.2. The van der Waals surface area contributed by atoms with Crippen LogP contribution in [0.4, 0.5) is 5.69 Å². The molecule has 2 aromatic carbocycles. The maximum absolute atomic E-state index is 9.39. The molecule has 1 aromatic heterocycles. The van der Waals surface area contributed by atoms with Crippen molar-refractivity contribution in [2.45, 2.75) is 32.1 Å². The predicted molar refractivity (Wildman–Crippen MR) is 123 cm³/mol. The van der Waals surface area contributed by atoms with Crippen LogP contribution in [-0.2, 0) is 11.8 Å². The lowest BCUT2D eigenvalue weighted by Gasteiger charge is -2.30. The molecule has 0 fully saturated rings. The number of hydrogen-bond acceptors (Lipinski definition) is 4. The Balaban J connectivity index is 1.74. The maximum atomic E-state index is 9.39. The van der Waals surface area contributed by atoms with E-state index in [4.69, 9.17) is 0 Å². The van der Waals surface area contributed by atoms with Gasteiger partial charge in [0, 0.05) is 38.6 Å². The second-order valence-corrected chi connectivity index (χ2v) is 9.40. The SMILES string of the molecule is CC1(C)/C(=C/C=c2\sc(=C(C#N)C#N)c3ccccc23)N2CCCc3cccc1c32. The molecule has 30 heavy (non-hydrogen) atoms. The normalized spacial score (nSPS) is 18.3. The minimum Gasteiger partial charge on any atom is -0.344 e. The Labute approximate surface area is 180 Å². The van der Waals surface area contributed by atoms with E-state index < -0.39 is 0 Å². The highest BCUT2D eigenvalue weighted by Crippen LogP contribution is 2.50. The summed E-state index contributed by atoms with van der Waals surface area (Å²) in [5.74, 6) is 0. The van der Waals surface area contributed by atoms with Crippen LogP contribution in [0.2, 0.25) is 0 Å². The molecule has 2 aliphatic heterocycles. The van der Waals surface area contributed by atoms with Crippen LogP contribution in [-0.4, -0.2) is 6.54 Å². The van der Waals surface area contributed by atoms with Gasteiger partial charge in [-0.15, -0.1) is 11.3 Å². The molecule has 3 heterocycles. The number of thiophene rings is 1. The van der Waals surface area contributed by atoms with Gasteiger partial charge in [0.15, 0.2) is 0 Å². The van der Waals surface area contributed by atoms with Gasteiger partial charge in [0.1, 0.15) is 17.7 Å². The molecule has 2 aliphatic rings. The van der Waals surface area contributed by atoms with Crippen LogP contribution < -0.4 is 14.0 Å². The van der Waals surface area contributed by atoms with Crippen molar-refractivity contribution in [1.82, 2.24) is 0 Å². The molecule has 0 saturated heterocycles. The van der Waals surface area contributed by atoms with Crippen molar-refractivity contribution in [2.75, 3.05) is 11.4 Å². The highest BCUT2D eigenvalue weighted by molar-refractivity contribution is 7.09. The number of rotatable bonds is 1. The van der Waals surface area contributed by atoms with Crippen molar-refractivity contribution in [3.63, 3.8) is 0 Å². The highest BCUT2D eigenvalue weighted by Gasteiger charge is 2.41. The first kappa shape index (κ1) is 18.7. The quantitative estimate of drug-likeness (QED) is 0.596. The summed E-state index contributed by atoms with van der Waals surface area (Å²) in [6, 6.07) is 18.8. The number of hydrogen-bond donors (Lipinski definition) is 0. The summed E-state index contributed by atoms with van der Waals surface area (Å²) in [4.78, 5) is 2.49. The van der Waals surface area contributed by atoms with Gasteiger partial charge < -0.3 is 4.90 Å². The number of benzene rings is 2. The minimum absolute atomic E-state index is 0.0569. The van der Waals surface area contributed by atoms with Gasteiger partial charge >= 0.3 is 0 Å². The fraction of sp³-hybridized carbons (Fsp3) is 0.231. The third-order valence-electron chi connectivity index (χ3n) is 6.31. The van der Waals surface area contributed by atoms with Crippen LogP contribution in [0.15, 0.2) is 54.2 Å². The summed E-state index contributed by atoms with van der Waals surface area (Å²) >= 11 is 1.52. The zero-order chi connectivity index (χ0) is 20.9. The van der Waals surface area contributed by atoms with Crippen molar-refractivity contribution in [2.24, 2.45) is 0 Å². The molecule has 146 valence electrons. The summed E-state index contributed by atoms with van der Waals surface area (Å²) in [6.07, 6.45) is 6.72. The van der Waals surface area contributed by atoms with E-state index in [0.29, 0.717) is 0 Å². The van der Waals surface area contributed by atoms with Gasteiger partial charge in [-0.25, -0.2) is 0 Å². The monoisotopic (exact) mass is 407 g/mol. The van der Waals surface area contributed by atoms with Gasteiger partial charge in [-0.05, 0) is 36.1 Å². The highest BCUT2D eigenvalue weighted by atomic mass is 32.1. The molecule has 0 amide bonds. The van der Waals surface area contributed by atoms with Gasteiger partial charge in [0.25, 0.3) is 0 Å². The summed E-state index contributed by atoms with van der Waals surface area (Å²) in [7, 11) is 0. The van der Waals surface area contributed by atoms with Crippen molar-refractivity contribution < 1.29 is 0 Å². The second-order valence-electron chi connectivity index (χ2n) is 8.35. The van der Waals surface area contributed by atoms with Gasteiger partial charge in [-0.1, -0.05) is 56.3 Å². The van der Waals surface area contributed by atoms with E-state index in [-0.39, 0.29) is 11.0 Å². The van der Waals surface area contributed by atoms with Crippen molar-refractivity contribution in [3.05, 3.63) is 74.4 Å². The van der Waals surface area contributed by atoms with E-state index in [0.717, 1.165) is 32.8 Å². The number of aryl methyl sites for hydroxylation is 1. The molecule has 0 unspecified atom stereocenters. The molecule has 0 atom stereocenters. The second kappa shape index (κ2) is 6.87. The zero-order valence-corrected chi connectivity index (χ0v) is 17.9. The molecule has 0 bridgehead atoms. The topological polar surface area (TPSA) is 50.8 Å². The molecule has 0 aliphatic carbocycles. The van der Waals surface area contributed by atoms with Crippen molar-refractivity contribution >= 4 is 39.4 Å². The molecule has 3 aromatic rings. The fourth-order valence-electron chi connectivity index (χ4n) is 4.88. The lowest BCUT2D eigenvalue weighted by molar-refractivity contribution is 0.626. The van der Waals surface area contributed by atoms with Gasteiger partial charge in [-0.2, -0.15) is 10.5 Å². The van der Waals surface area contributed by atoms with Crippen molar-refractivity contribution in [3.8, 4) is 12.1 Å². The van der Waals surface area contributed by atoms with E-state index in [9.17, 15) is 10.5 Å². The Morgan fingerprint density at radius 1 is 1.03 bits per heavy atom. The predicted octanol–water partition coefficient (Wildman–Crippen LogP) is 4.51. The molecular formula is C26H21N3S. The molecule has 4 heteroatoms. The maximum Gasteiger partial charge on any atom is 0.147 e. The lowest BCUT2D eigenvalue weighted by Crippen LogP contribution is -2.29. The molecule has 0 N–H and O–H groups in total. The molecule has 3 nitrogen and oxygen atoms in total. The Morgan fingerprint density at radius 3 is 2.57 bits per heavy atom. The molecule has 0 saturated carbocycles. The van der Waals surface area contributed by atoms with E-state index in [1.165, 1.54) is 40.3 Å². The van der Waals surface area contributed by atoms with E-state index in [1.54, 1.807) is 0 Å². The minimum atomic E-state index is -0.0569. The van der Waals surface area contributed by atoms with Crippen LogP contribution in [0.3, 0.4) is 0 Å². The summed E-state index contributed by atoms with van der Waals surface area (Å²) in [5.41, 5.74) is 5.68. The van der Waals surface area contributed by atoms with Crippen LogP contribution >= 0.6 is 11.3 Å². The van der Waals surface area contributed by atoms with Crippen LogP contribution in [0.1, 0.15) is 31.4 Å². The molecule has 0 spiro atoms. The van der Waals surface area contributed by atoms with Gasteiger partial charge in [0.05, 0.1) is 4.53 Å². The average Bonchev–Trinajstić information content (AvgIpc) is 3.23. The Hall–Kier alpha value is -3.34. The molecule has 5 rings (SSSR count). The van der Waals surface area contributed by atoms with E-state index >= 15 is 0 Å². The van der Waals surface area contributed by atoms with Crippen molar-refractivity contribution in [1.29, 1.82) is 10.5 Å². The number of fused-ring (bicyclic) bond motifs is 1. The van der Waals surface area contributed by atoms with Crippen LogP contribution in [0, 0.1) is 22.7 Å². The number of anilines is 1. The third-order valence-corrected chi connectivity index (χ3v) is 7.52. The van der Waals surface area contributed by atoms with E-state index in [1.807, 2.05) is 18.2 Å². The largest absolute Gasteiger partial charge is 0.344 e. The first-order chi connectivity index (χ1) is 14.6. The molecular weight excluding hydrogens is 386 g/mol. The average molecular weight is 408 g/mol. The lowest BCUT2D eigenvalue weighted by atomic mass is 9.83. The van der Waals surface area contributed by atoms with Gasteiger partial charge in [0.2, 0.25) is 0 Å². The first-order valence-corrected chi connectivity index (χ1v) is 11.0. The smallest absolute Gasteiger partial charge is 0.147 e. The van der Waals surface area contributed by atoms with Crippen LogP contribution in [0.5, 0.6) is 0 Å². The standard InChI is InChI=1S/C26H21N3S/c1-26(2)21-11-5-7-17-8-6-14-29(24(17)21)23(26)13-12-22-19-9-3-4-10-20(19)25(30-22)18(15-27)16-28/h3-5,7,9-13H,6,8,14H2,1-2H3/b22-12-,23-13-. The zero-order valence-electron chi connectivity index (χ0n) is 17.1. The van der Waals surface area contributed by atoms with Gasteiger partial charge in [-0.3, -0.25) is 0 Å². The summed E-state index contributed by atoms with van der Waals surface area (Å²) in [6.45, 7) is 5.65.